The van der Waals surface area contributed by atoms with E-state index in [4.69, 9.17) is 10.8 Å². The van der Waals surface area contributed by atoms with Gasteiger partial charge in [-0.15, -0.1) is 0 Å². The van der Waals surface area contributed by atoms with Gasteiger partial charge in [-0.1, -0.05) is 0 Å². The summed E-state index contributed by atoms with van der Waals surface area (Å²) < 4.78 is 0. The second-order valence-electron chi connectivity index (χ2n) is 3.97. The SMILES string of the molecule is Cc1[nH]nc(N)c1C(=O)N(C)CCC(C)O. The summed E-state index contributed by atoms with van der Waals surface area (Å²) in [7, 11) is 1.68. The molecule has 0 aliphatic heterocycles. The van der Waals surface area contributed by atoms with Gasteiger partial charge in [0.1, 0.15) is 5.56 Å². The molecule has 0 bridgehead atoms. The molecule has 6 nitrogen and oxygen atoms in total. The first kappa shape index (κ1) is 12.5. The van der Waals surface area contributed by atoms with Gasteiger partial charge in [-0.3, -0.25) is 9.89 Å². The van der Waals surface area contributed by atoms with Gasteiger partial charge in [0.2, 0.25) is 0 Å². The van der Waals surface area contributed by atoms with Crippen LogP contribution < -0.4 is 5.73 Å². The quantitative estimate of drug-likeness (QED) is 0.680. The molecule has 1 aromatic heterocycles. The minimum absolute atomic E-state index is 0.176. The maximum atomic E-state index is 12.0. The van der Waals surface area contributed by atoms with E-state index < -0.39 is 6.10 Å². The van der Waals surface area contributed by atoms with E-state index in [1.165, 1.54) is 4.90 Å². The van der Waals surface area contributed by atoms with Gasteiger partial charge in [0.05, 0.1) is 6.10 Å². The Morgan fingerprint density at radius 1 is 1.69 bits per heavy atom. The van der Waals surface area contributed by atoms with Crippen LogP contribution in [0.25, 0.3) is 0 Å². The summed E-state index contributed by atoms with van der Waals surface area (Å²) in [5, 5.41) is 15.6. The van der Waals surface area contributed by atoms with Crippen LogP contribution in [0.2, 0.25) is 0 Å². The van der Waals surface area contributed by atoms with Crippen LogP contribution in [0.1, 0.15) is 29.4 Å². The largest absolute Gasteiger partial charge is 0.393 e. The highest BCUT2D eigenvalue weighted by Gasteiger charge is 2.19. The number of hydrogen-bond acceptors (Lipinski definition) is 4. The van der Waals surface area contributed by atoms with Crippen LogP contribution >= 0.6 is 0 Å². The van der Waals surface area contributed by atoms with Crippen LogP contribution in [-0.2, 0) is 0 Å². The molecule has 6 heteroatoms. The second-order valence-corrected chi connectivity index (χ2v) is 3.97. The highest BCUT2D eigenvalue weighted by molar-refractivity contribution is 5.99. The highest BCUT2D eigenvalue weighted by Crippen LogP contribution is 2.14. The lowest BCUT2D eigenvalue weighted by molar-refractivity contribution is 0.0769. The van der Waals surface area contributed by atoms with Crippen LogP contribution in [0.3, 0.4) is 0 Å². The van der Waals surface area contributed by atoms with Crippen LogP contribution in [0.5, 0.6) is 0 Å². The van der Waals surface area contributed by atoms with E-state index in [0.29, 0.717) is 24.2 Å². The number of amides is 1. The molecule has 1 amide bonds. The number of nitrogens with zero attached hydrogens (tertiary/aromatic N) is 2. The number of aryl methyl sites for hydroxylation is 1. The number of nitrogens with one attached hydrogen (secondary N) is 1. The summed E-state index contributed by atoms with van der Waals surface area (Å²) in [5.41, 5.74) is 6.67. The molecule has 1 atom stereocenters. The maximum Gasteiger partial charge on any atom is 0.259 e. The zero-order chi connectivity index (χ0) is 12.3. The van der Waals surface area contributed by atoms with Gasteiger partial charge in [0, 0.05) is 19.3 Å². The predicted octanol–water partition coefficient (Wildman–Crippen LogP) is 0.143. The Labute approximate surface area is 94.4 Å². The summed E-state index contributed by atoms with van der Waals surface area (Å²) in [6.07, 6.45) is 0.122. The number of anilines is 1. The van der Waals surface area contributed by atoms with E-state index in [1.54, 1.807) is 20.9 Å². The van der Waals surface area contributed by atoms with Gasteiger partial charge < -0.3 is 15.7 Å². The summed E-state index contributed by atoms with van der Waals surface area (Å²) >= 11 is 0. The zero-order valence-corrected chi connectivity index (χ0v) is 9.82. The predicted molar refractivity (Wildman–Crippen MR) is 61.0 cm³/mol. The van der Waals surface area contributed by atoms with Crippen molar-refractivity contribution in [2.24, 2.45) is 0 Å². The van der Waals surface area contributed by atoms with Crippen molar-refractivity contribution in [3.05, 3.63) is 11.3 Å². The maximum absolute atomic E-state index is 12.0. The molecule has 1 heterocycles. The van der Waals surface area contributed by atoms with E-state index >= 15 is 0 Å². The summed E-state index contributed by atoms with van der Waals surface area (Å²) in [6, 6.07) is 0. The molecular weight excluding hydrogens is 208 g/mol. The molecule has 0 spiro atoms. The molecule has 1 rings (SSSR count). The number of carbonyl (C=O) groups is 1. The zero-order valence-electron chi connectivity index (χ0n) is 9.82. The van der Waals surface area contributed by atoms with E-state index in [9.17, 15) is 4.79 Å². The summed E-state index contributed by atoms with van der Waals surface area (Å²) in [5.74, 6) is 0.0378. The monoisotopic (exact) mass is 226 g/mol. The van der Waals surface area contributed by atoms with Gasteiger partial charge >= 0.3 is 0 Å². The van der Waals surface area contributed by atoms with Crippen molar-refractivity contribution in [2.45, 2.75) is 26.4 Å². The third kappa shape index (κ3) is 2.73. The first-order valence-corrected chi connectivity index (χ1v) is 5.17. The molecule has 90 valence electrons. The Balaban J connectivity index is 2.71. The van der Waals surface area contributed by atoms with E-state index in [2.05, 4.69) is 10.2 Å². The summed E-state index contributed by atoms with van der Waals surface area (Å²) in [4.78, 5) is 13.5. The Bertz CT molecular complexity index is 353. The topological polar surface area (TPSA) is 95.2 Å². The van der Waals surface area contributed by atoms with Crippen LogP contribution in [-0.4, -0.2) is 45.8 Å². The van der Waals surface area contributed by atoms with Gasteiger partial charge in [-0.2, -0.15) is 5.10 Å². The molecule has 0 aliphatic carbocycles. The molecule has 0 aromatic carbocycles. The molecule has 1 aromatic rings. The number of nitrogen functional groups attached to an aromatic ring is 1. The third-order valence-electron chi connectivity index (χ3n) is 2.42. The highest BCUT2D eigenvalue weighted by atomic mass is 16.3. The number of aromatic nitrogens is 2. The Morgan fingerprint density at radius 3 is 2.75 bits per heavy atom. The lowest BCUT2D eigenvalue weighted by Crippen LogP contribution is -2.30. The Kier molecular flexibility index (Phi) is 3.89. The molecule has 4 N–H and O–H groups in total. The van der Waals surface area contributed by atoms with Crippen molar-refractivity contribution in [3.8, 4) is 0 Å². The number of nitrogens with two attached hydrogens (primary N) is 1. The van der Waals surface area contributed by atoms with E-state index in [1.807, 2.05) is 0 Å². The third-order valence-corrected chi connectivity index (χ3v) is 2.42. The Hall–Kier alpha value is -1.56. The minimum Gasteiger partial charge on any atom is -0.393 e. The molecule has 0 radical (unpaired) electrons. The molecule has 16 heavy (non-hydrogen) atoms. The Morgan fingerprint density at radius 2 is 2.31 bits per heavy atom. The molecule has 0 aliphatic rings. The molecule has 0 saturated heterocycles. The fourth-order valence-electron chi connectivity index (χ4n) is 1.39. The van der Waals surface area contributed by atoms with Crippen molar-refractivity contribution in [1.29, 1.82) is 0 Å². The molecule has 0 saturated carbocycles. The second kappa shape index (κ2) is 4.98. The number of aliphatic hydroxyl groups is 1. The van der Waals surface area contributed by atoms with Crippen LogP contribution in [0, 0.1) is 6.92 Å². The summed E-state index contributed by atoms with van der Waals surface area (Å²) in [6.45, 7) is 3.93. The van der Waals surface area contributed by atoms with E-state index in [-0.39, 0.29) is 11.7 Å². The molecular formula is C10H18N4O2. The van der Waals surface area contributed by atoms with E-state index in [0.717, 1.165) is 0 Å². The first-order chi connectivity index (χ1) is 7.43. The number of H-pyrrole nitrogens is 1. The minimum atomic E-state index is -0.418. The van der Waals surface area contributed by atoms with Gasteiger partial charge in [-0.05, 0) is 20.3 Å². The lowest BCUT2D eigenvalue weighted by Gasteiger charge is -2.17. The fraction of sp³-hybridized carbons (Fsp3) is 0.600. The number of carbonyl (C=O) groups excluding carboxylic acids is 1. The first-order valence-electron chi connectivity index (χ1n) is 5.17. The number of aromatic amines is 1. The van der Waals surface area contributed by atoms with Crippen molar-refractivity contribution in [3.63, 3.8) is 0 Å². The standard InChI is InChI=1S/C10H18N4O2/c1-6(15)4-5-14(3)10(16)8-7(2)12-13-9(8)11/h6,15H,4-5H2,1-3H3,(H3,11,12,13). The number of rotatable bonds is 4. The average Bonchev–Trinajstić information content (AvgIpc) is 2.54. The van der Waals surface area contributed by atoms with Gasteiger partial charge in [-0.25, -0.2) is 0 Å². The van der Waals surface area contributed by atoms with Crippen LogP contribution in [0.4, 0.5) is 5.82 Å². The fourth-order valence-corrected chi connectivity index (χ4v) is 1.39. The van der Waals surface area contributed by atoms with Crippen molar-refractivity contribution in [2.75, 3.05) is 19.3 Å². The smallest absolute Gasteiger partial charge is 0.259 e. The average molecular weight is 226 g/mol. The molecule has 1 unspecified atom stereocenters. The van der Waals surface area contributed by atoms with Crippen molar-refractivity contribution in [1.82, 2.24) is 15.1 Å². The van der Waals surface area contributed by atoms with Crippen molar-refractivity contribution >= 4 is 11.7 Å². The molecule has 0 fully saturated rings. The van der Waals surface area contributed by atoms with Gasteiger partial charge in [0.15, 0.2) is 5.82 Å². The number of aliphatic hydroxyl groups excluding tert-OH is 1. The lowest BCUT2D eigenvalue weighted by atomic mass is 10.2. The normalized spacial score (nSPS) is 12.5. The van der Waals surface area contributed by atoms with Crippen molar-refractivity contribution < 1.29 is 9.90 Å². The number of hydrogen-bond donors (Lipinski definition) is 3. The van der Waals surface area contributed by atoms with Gasteiger partial charge in [0.25, 0.3) is 5.91 Å². The van der Waals surface area contributed by atoms with Crippen LogP contribution in [0.15, 0.2) is 0 Å².